The van der Waals surface area contributed by atoms with Crippen molar-refractivity contribution in [3.05, 3.63) is 23.8 Å². The highest BCUT2D eigenvalue weighted by Gasteiger charge is 2.28. The average Bonchev–Trinajstić information content (AvgIpc) is 2.71. The molecule has 1 aromatic rings. The molecule has 1 amide bonds. The fourth-order valence-corrected chi connectivity index (χ4v) is 3.44. The molecule has 0 aromatic heterocycles. The van der Waals surface area contributed by atoms with E-state index >= 15 is 0 Å². The highest BCUT2D eigenvalue weighted by molar-refractivity contribution is 7.89. The summed E-state index contributed by atoms with van der Waals surface area (Å²) >= 11 is 0. The van der Waals surface area contributed by atoms with Gasteiger partial charge < -0.3 is 10.4 Å². The first-order chi connectivity index (χ1) is 9.39. The molecule has 110 valence electrons. The normalized spacial score (nSPS) is 19.6. The number of aliphatic hydroxyl groups excluding tert-OH is 1. The van der Waals surface area contributed by atoms with Crippen LogP contribution >= 0.6 is 0 Å². The van der Waals surface area contributed by atoms with Gasteiger partial charge in [-0.15, -0.1) is 0 Å². The van der Waals surface area contributed by atoms with Gasteiger partial charge in [-0.05, 0) is 37.1 Å². The van der Waals surface area contributed by atoms with E-state index < -0.39 is 16.1 Å². The third kappa shape index (κ3) is 2.70. The summed E-state index contributed by atoms with van der Waals surface area (Å²) in [5.74, 6) is -0.496. The molecular formula is C13H18N2O4S. The Kier molecular flexibility index (Phi) is 4.12. The van der Waals surface area contributed by atoms with Crippen LogP contribution in [-0.2, 0) is 14.8 Å². The Morgan fingerprint density at radius 3 is 2.75 bits per heavy atom. The molecule has 6 nitrogen and oxygen atoms in total. The van der Waals surface area contributed by atoms with E-state index in [0.29, 0.717) is 17.7 Å². The zero-order chi connectivity index (χ0) is 14.9. The van der Waals surface area contributed by atoms with Crippen molar-refractivity contribution in [2.75, 3.05) is 11.9 Å². The summed E-state index contributed by atoms with van der Waals surface area (Å²) in [7, 11) is -3.70. The van der Waals surface area contributed by atoms with Gasteiger partial charge in [-0.25, -0.2) is 13.1 Å². The Balaban J connectivity index is 2.33. The maximum atomic E-state index is 12.2. The van der Waals surface area contributed by atoms with E-state index in [0.717, 1.165) is 0 Å². The van der Waals surface area contributed by atoms with Gasteiger partial charge in [0.25, 0.3) is 0 Å². The number of amides is 1. The number of aliphatic hydroxyl groups is 1. The van der Waals surface area contributed by atoms with Gasteiger partial charge in [0.1, 0.15) is 0 Å². The lowest BCUT2D eigenvalue weighted by molar-refractivity contribution is -0.116. The van der Waals surface area contributed by atoms with Crippen molar-refractivity contribution in [2.45, 2.75) is 37.1 Å². The number of nitrogens with one attached hydrogen (secondary N) is 2. The largest absolute Gasteiger partial charge is 0.395 e. The van der Waals surface area contributed by atoms with Crippen molar-refractivity contribution >= 4 is 21.6 Å². The smallest absolute Gasteiger partial charge is 0.240 e. The minimum Gasteiger partial charge on any atom is -0.395 e. The van der Waals surface area contributed by atoms with Crippen molar-refractivity contribution in [2.24, 2.45) is 0 Å². The van der Waals surface area contributed by atoms with E-state index in [1.165, 1.54) is 12.1 Å². The van der Waals surface area contributed by atoms with Crippen LogP contribution in [0.1, 0.15) is 31.7 Å². The summed E-state index contributed by atoms with van der Waals surface area (Å²) < 4.78 is 26.9. The standard InChI is InChI=1S/C13H18N2O4S/c1-3-9(7-16)15-20(18,19)10-4-5-12-11(6-10)8(2)13(17)14-12/h4-6,8-9,15-16H,3,7H2,1-2H3,(H,14,17). The molecule has 0 fully saturated rings. The molecule has 0 radical (unpaired) electrons. The van der Waals surface area contributed by atoms with Crippen molar-refractivity contribution in [3.8, 4) is 0 Å². The minimum absolute atomic E-state index is 0.103. The SMILES string of the molecule is CCC(CO)NS(=O)(=O)c1ccc2c(c1)C(C)C(=O)N2. The first-order valence-electron chi connectivity index (χ1n) is 6.47. The third-order valence-electron chi connectivity index (χ3n) is 3.49. The quantitative estimate of drug-likeness (QED) is 0.749. The van der Waals surface area contributed by atoms with Gasteiger partial charge in [0, 0.05) is 11.7 Å². The Bertz CT molecular complexity index is 623. The molecule has 2 rings (SSSR count). The van der Waals surface area contributed by atoms with Gasteiger partial charge >= 0.3 is 0 Å². The first kappa shape index (κ1) is 15.0. The van der Waals surface area contributed by atoms with Gasteiger partial charge in [0.05, 0.1) is 17.4 Å². The fourth-order valence-electron chi connectivity index (χ4n) is 2.10. The number of sulfonamides is 1. The number of hydrogen-bond acceptors (Lipinski definition) is 4. The van der Waals surface area contributed by atoms with Gasteiger partial charge in [-0.1, -0.05) is 6.92 Å². The summed E-state index contributed by atoms with van der Waals surface area (Å²) in [6, 6.07) is 4.03. The van der Waals surface area contributed by atoms with Crippen molar-refractivity contribution in [3.63, 3.8) is 0 Å². The maximum absolute atomic E-state index is 12.2. The lowest BCUT2D eigenvalue weighted by Crippen LogP contribution is -2.36. The lowest BCUT2D eigenvalue weighted by atomic mass is 10.0. The molecule has 2 atom stereocenters. The Labute approximate surface area is 118 Å². The zero-order valence-corrected chi connectivity index (χ0v) is 12.2. The van der Waals surface area contributed by atoms with Gasteiger partial charge in [0.2, 0.25) is 15.9 Å². The molecule has 2 unspecified atom stereocenters. The van der Waals surface area contributed by atoms with Crippen molar-refractivity contribution in [1.82, 2.24) is 4.72 Å². The van der Waals surface area contributed by atoms with Crippen molar-refractivity contribution in [1.29, 1.82) is 0 Å². The van der Waals surface area contributed by atoms with Crippen LogP contribution < -0.4 is 10.0 Å². The molecule has 0 aliphatic carbocycles. The minimum atomic E-state index is -3.70. The molecule has 1 aliphatic heterocycles. The van der Waals surface area contributed by atoms with Crippen LogP contribution in [0.2, 0.25) is 0 Å². The monoisotopic (exact) mass is 298 g/mol. The van der Waals surface area contributed by atoms with E-state index in [4.69, 9.17) is 5.11 Å². The number of rotatable bonds is 5. The predicted octanol–water partition coefficient (Wildman–Crippen LogP) is 0.791. The van der Waals surface area contributed by atoms with Crippen LogP contribution in [0.5, 0.6) is 0 Å². The molecule has 3 N–H and O–H groups in total. The van der Waals surface area contributed by atoms with Crippen LogP contribution in [0, 0.1) is 0 Å². The van der Waals surface area contributed by atoms with E-state index in [1.54, 1.807) is 19.9 Å². The molecule has 7 heteroatoms. The van der Waals surface area contributed by atoms with Crippen molar-refractivity contribution < 1.29 is 18.3 Å². The highest BCUT2D eigenvalue weighted by atomic mass is 32.2. The Hall–Kier alpha value is -1.44. The number of benzene rings is 1. The third-order valence-corrected chi connectivity index (χ3v) is 5.00. The Morgan fingerprint density at radius 1 is 1.45 bits per heavy atom. The molecule has 0 saturated carbocycles. The van der Waals surface area contributed by atoms with Gasteiger partial charge in [0.15, 0.2) is 0 Å². The number of anilines is 1. The van der Waals surface area contributed by atoms with Gasteiger partial charge in [-0.3, -0.25) is 4.79 Å². The van der Waals surface area contributed by atoms with E-state index in [1.807, 2.05) is 0 Å². The summed E-state index contributed by atoms with van der Waals surface area (Å²) in [5.41, 5.74) is 1.32. The predicted molar refractivity (Wildman–Crippen MR) is 75.0 cm³/mol. The van der Waals surface area contributed by atoms with Gasteiger partial charge in [-0.2, -0.15) is 0 Å². The summed E-state index contributed by atoms with van der Waals surface area (Å²) in [4.78, 5) is 11.7. The van der Waals surface area contributed by atoms with E-state index in [2.05, 4.69) is 10.0 Å². The number of carbonyl (C=O) groups excluding carboxylic acids is 1. The van der Waals surface area contributed by atoms with Crippen LogP contribution in [0.3, 0.4) is 0 Å². The van der Waals surface area contributed by atoms with Crippen LogP contribution in [0.4, 0.5) is 5.69 Å². The molecule has 0 spiro atoms. The molecule has 1 aliphatic rings. The number of fused-ring (bicyclic) bond motifs is 1. The average molecular weight is 298 g/mol. The topological polar surface area (TPSA) is 95.5 Å². The summed E-state index contributed by atoms with van der Waals surface area (Å²) in [6.07, 6.45) is 0.497. The summed E-state index contributed by atoms with van der Waals surface area (Å²) in [6.45, 7) is 3.27. The maximum Gasteiger partial charge on any atom is 0.240 e. The molecule has 0 saturated heterocycles. The second-order valence-electron chi connectivity index (χ2n) is 4.87. The molecule has 0 bridgehead atoms. The lowest BCUT2D eigenvalue weighted by Gasteiger charge is -2.15. The fraction of sp³-hybridized carbons (Fsp3) is 0.462. The molecule has 1 heterocycles. The van der Waals surface area contributed by atoms with E-state index in [-0.39, 0.29) is 23.3 Å². The second kappa shape index (κ2) is 5.51. The second-order valence-corrected chi connectivity index (χ2v) is 6.58. The van der Waals surface area contributed by atoms with Crippen LogP contribution in [0.15, 0.2) is 23.1 Å². The molecular weight excluding hydrogens is 280 g/mol. The number of carbonyl (C=O) groups is 1. The molecule has 1 aromatic carbocycles. The highest BCUT2D eigenvalue weighted by Crippen LogP contribution is 2.33. The van der Waals surface area contributed by atoms with Crippen LogP contribution in [-0.4, -0.2) is 32.1 Å². The number of hydrogen-bond donors (Lipinski definition) is 3. The summed E-state index contributed by atoms with van der Waals surface area (Å²) in [5, 5.41) is 11.8. The first-order valence-corrected chi connectivity index (χ1v) is 7.95. The van der Waals surface area contributed by atoms with Crippen LogP contribution in [0.25, 0.3) is 0 Å². The molecule has 20 heavy (non-hydrogen) atoms. The zero-order valence-electron chi connectivity index (χ0n) is 11.4. The Morgan fingerprint density at radius 2 is 2.15 bits per heavy atom. The van der Waals surface area contributed by atoms with E-state index in [9.17, 15) is 13.2 Å².